The third-order valence-electron chi connectivity index (χ3n) is 4.10. The molecule has 0 aliphatic carbocycles. The highest BCUT2D eigenvalue weighted by molar-refractivity contribution is 5.42. The molecule has 0 amide bonds. The van der Waals surface area contributed by atoms with Crippen LogP contribution in [0.5, 0.6) is 0 Å². The standard InChI is InChI=1S/C16H20N4/c1-11-3-4-13(7-12(11)2)8-20-6-5-14-15(9-20)18-10-19-16(14)17/h3-4,7,10H,5-6,8-9H2,1-2H3,(H2,17,18,19). The van der Waals surface area contributed by atoms with Crippen LogP contribution in [-0.4, -0.2) is 21.4 Å². The van der Waals surface area contributed by atoms with Crippen molar-refractivity contribution in [2.24, 2.45) is 0 Å². The average Bonchev–Trinajstić information content (AvgIpc) is 2.43. The van der Waals surface area contributed by atoms with Crippen LogP contribution in [0.3, 0.4) is 0 Å². The largest absolute Gasteiger partial charge is 0.383 e. The first kappa shape index (κ1) is 13.1. The van der Waals surface area contributed by atoms with Crippen molar-refractivity contribution in [3.05, 3.63) is 52.5 Å². The van der Waals surface area contributed by atoms with E-state index >= 15 is 0 Å². The lowest BCUT2D eigenvalue weighted by atomic mass is 10.0. The molecule has 0 saturated carbocycles. The molecule has 2 aromatic rings. The number of aromatic nitrogens is 2. The zero-order chi connectivity index (χ0) is 14.1. The maximum Gasteiger partial charge on any atom is 0.130 e. The summed E-state index contributed by atoms with van der Waals surface area (Å²) in [6, 6.07) is 6.69. The van der Waals surface area contributed by atoms with Crippen molar-refractivity contribution in [3.63, 3.8) is 0 Å². The molecular weight excluding hydrogens is 248 g/mol. The second-order valence-corrected chi connectivity index (χ2v) is 5.56. The zero-order valence-electron chi connectivity index (χ0n) is 12.1. The molecule has 0 radical (unpaired) electrons. The molecule has 1 aliphatic rings. The number of nitrogens with zero attached hydrogens (tertiary/aromatic N) is 3. The highest BCUT2D eigenvalue weighted by atomic mass is 15.1. The van der Waals surface area contributed by atoms with Crippen LogP contribution in [0, 0.1) is 13.8 Å². The highest BCUT2D eigenvalue weighted by Gasteiger charge is 2.19. The number of hydrogen-bond acceptors (Lipinski definition) is 4. The second-order valence-electron chi connectivity index (χ2n) is 5.56. The third kappa shape index (κ3) is 2.51. The number of rotatable bonds is 2. The van der Waals surface area contributed by atoms with Crippen molar-refractivity contribution in [2.75, 3.05) is 12.3 Å². The van der Waals surface area contributed by atoms with E-state index in [0.717, 1.165) is 37.3 Å². The number of nitrogens with two attached hydrogens (primary N) is 1. The molecule has 1 aromatic carbocycles. The first-order valence-corrected chi connectivity index (χ1v) is 7.00. The lowest BCUT2D eigenvalue weighted by Gasteiger charge is -2.28. The minimum atomic E-state index is 0.640. The van der Waals surface area contributed by atoms with E-state index in [9.17, 15) is 0 Å². The van der Waals surface area contributed by atoms with Crippen LogP contribution in [0.1, 0.15) is 27.9 Å². The SMILES string of the molecule is Cc1ccc(CN2CCc3c(N)ncnc3C2)cc1C. The van der Waals surface area contributed by atoms with E-state index in [-0.39, 0.29) is 0 Å². The lowest BCUT2D eigenvalue weighted by molar-refractivity contribution is 0.241. The van der Waals surface area contributed by atoms with E-state index in [1.807, 2.05) is 0 Å². The minimum absolute atomic E-state index is 0.640. The van der Waals surface area contributed by atoms with Crippen molar-refractivity contribution < 1.29 is 0 Å². The highest BCUT2D eigenvalue weighted by Crippen LogP contribution is 2.22. The number of fused-ring (bicyclic) bond motifs is 1. The zero-order valence-corrected chi connectivity index (χ0v) is 12.1. The number of anilines is 1. The Morgan fingerprint density at radius 3 is 2.85 bits per heavy atom. The van der Waals surface area contributed by atoms with Crippen LogP contribution in [0.4, 0.5) is 5.82 Å². The maximum atomic E-state index is 5.91. The monoisotopic (exact) mass is 268 g/mol. The molecule has 1 aliphatic heterocycles. The topological polar surface area (TPSA) is 55.0 Å². The molecule has 1 aromatic heterocycles. The van der Waals surface area contributed by atoms with Crippen molar-refractivity contribution in [3.8, 4) is 0 Å². The van der Waals surface area contributed by atoms with Gasteiger partial charge in [-0.3, -0.25) is 4.90 Å². The van der Waals surface area contributed by atoms with Crippen molar-refractivity contribution in [2.45, 2.75) is 33.4 Å². The smallest absolute Gasteiger partial charge is 0.130 e. The van der Waals surface area contributed by atoms with Gasteiger partial charge in [-0.05, 0) is 37.0 Å². The lowest BCUT2D eigenvalue weighted by Crippen LogP contribution is -2.31. The molecule has 4 heteroatoms. The molecule has 0 bridgehead atoms. The van der Waals surface area contributed by atoms with E-state index in [1.54, 1.807) is 6.33 Å². The normalized spacial score (nSPS) is 15.1. The Hall–Kier alpha value is -1.94. The summed E-state index contributed by atoms with van der Waals surface area (Å²) in [7, 11) is 0. The number of nitrogen functional groups attached to an aromatic ring is 1. The van der Waals surface area contributed by atoms with E-state index in [4.69, 9.17) is 5.73 Å². The van der Waals surface area contributed by atoms with Crippen LogP contribution in [0.25, 0.3) is 0 Å². The van der Waals surface area contributed by atoms with Crippen molar-refractivity contribution >= 4 is 5.82 Å². The van der Waals surface area contributed by atoms with Gasteiger partial charge in [-0.2, -0.15) is 0 Å². The Morgan fingerprint density at radius 1 is 1.20 bits per heavy atom. The Bertz CT molecular complexity index is 636. The molecular formula is C16H20N4. The summed E-state index contributed by atoms with van der Waals surface area (Å²) in [4.78, 5) is 10.9. The third-order valence-corrected chi connectivity index (χ3v) is 4.10. The Labute approximate surface area is 119 Å². The minimum Gasteiger partial charge on any atom is -0.383 e. The van der Waals surface area contributed by atoms with Gasteiger partial charge in [0.25, 0.3) is 0 Å². The first-order valence-electron chi connectivity index (χ1n) is 7.00. The Kier molecular flexibility index (Phi) is 3.40. The van der Waals surface area contributed by atoms with Crippen LogP contribution in [0.2, 0.25) is 0 Å². The van der Waals surface area contributed by atoms with Gasteiger partial charge < -0.3 is 5.73 Å². The average molecular weight is 268 g/mol. The summed E-state index contributed by atoms with van der Waals surface area (Å²) in [5.74, 6) is 0.640. The quantitative estimate of drug-likeness (QED) is 0.907. The predicted molar refractivity (Wildman–Crippen MR) is 80.2 cm³/mol. The number of benzene rings is 1. The summed E-state index contributed by atoms with van der Waals surface area (Å²) in [6.07, 6.45) is 2.50. The molecule has 3 rings (SSSR count). The van der Waals surface area contributed by atoms with Crippen LogP contribution < -0.4 is 5.73 Å². The number of aryl methyl sites for hydroxylation is 2. The fourth-order valence-corrected chi connectivity index (χ4v) is 2.73. The number of hydrogen-bond donors (Lipinski definition) is 1. The summed E-state index contributed by atoms with van der Waals surface area (Å²) < 4.78 is 0. The van der Waals surface area contributed by atoms with E-state index in [1.165, 1.54) is 16.7 Å². The van der Waals surface area contributed by atoms with Crippen molar-refractivity contribution in [1.29, 1.82) is 0 Å². The van der Waals surface area contributed by atoms with Gasteiger partial charge in [0.05, 0.1) is 5.69 Å². The Morgan fingerprint density at radius 2 is 2.05 bits per heavy atom. The van der Waals surface area contributed by atoms with E-state index in [0.29, 0.717) is 5.82 Å². The van der Waals surface area contributed by atoms with Gasteiger partial charge in [0, 0.05) is 25.2 Å². The van der Waals surface area contributed by atoms with E-state index < -0.39 is 0 Å². The first-order chi connectivity index (χ1) is 9.63. The molecule has 0 spiro atoms. The summed E-state index contributed by atoms with van der Waals surface area (Å²) in [5.41, 5.74) is 12.2. The van der Waals surface area contributed by atoms with Gasteiger partial charge in [-0.25, -0.2) is 9.97 Å². The van der Waals surface area contributed by atoms with Crippen molar-refractivity contribution in [1.82, 2.24) is 14.9 Å². The molecule has 2 heterocycles. The van der Waals surface area contributed by atoms with Crippen LogP contribution in [0.15, 0.2) is 24.5 Å². The summed E-state index contributed by atoms with van der Waals surface area (Å²) in [6.45, 7) is 7.14. The van der Waals surface area contributed by atoms with Gasteiger partial charge in [-0.1, -0.05) is 18.2 Å². The van der Waals surface area contributed by atoms with Gasteiger partial charge in [-0.15, -0.1) is 0 Å². The van der Waals surface area contributed by atoms with Crippen LogP contribution in [-0.2, 0) is 19.5 Å². The molecule has 20 heavy (non-hydrogen) atoms. The van der Waals surface area contributed by atoms with Gasteiger partial charge in [0.15, 0.2) is 0 Å². The summed E-state index contributed by atoms with van der Waals surface area (Å²) >= 11 is 0. The summed E-state index contributed by atoms with van der Waals surface area (Å²) in [5, 5.41) is 0. The van der Waals surface area contributed by atoms with Crippen LogP contribution >= 0.6 is 0 Å². The van der Waals surface area contributed by atoms with Gasteiger partial charge in [0.2, 0.25) is 0 Å². The van der Waals surface area contributed by atoms with Gasteiger partial charge in [0.1, 0.15) is 12.1 Å². The second kappa shape index (κ2) is 5.21. The predicted octanol–water partition coefficient (Wildman–Crippen LogP) is 2.23. The van der Waals surface area contributed by atoms with E-state index in [2.05, 4.69) is 46.9 Å². The Balaban J connectivity index is 1.76. The molecule has 4 nitrogen and oxygen atoms in total. The molecule has 2 N–H and O–H groups in total. The molecule has 0 atom stereocenters. The fourth-order valence-electron chi connectivity index (χ4n) is 2.73. The fraction of sp³-hybridized carbons (Fsp3) is 0.375. The molecule has 0 fully saturated rings. The maximum absolute atomic E-state index is 5.91. The molecule has 0 unspecified atom stereocenters. The molecule has 104 valence electrons. The molecule has 0 saturated heterocycles. The van der Waals surface area contributed by atoms with Gasteiger partial charge >= 0.3 is 0 Å².